The topological polar surface area (TPSA) is 83.6 Å². The molecule has 0 aliphatic carbocycles. The van der Waals surface area contributed by atoms with Gasteiger partial charge in [-0.05, 0) is 19.8 Å². The third-order valence-corrected chi connectivity index (χ3v) is 3.33. The lowest BCUT2D eigenvalue weighted by Gasteiger charge is -2.36. The molecule has 1 fully saturated rings. The van der Waals surface area contributed by atoms with Crippen LogP contribution in [0.5, 0.6) is 0 Å². The summed E-state index contributed by atoms with van der Waals surface area (Å²) in [7, 11) is 0. The molecule has 1 aliphatic rings. The molecule has 0 bridgehead atoms. The Balaban J connectivity index is 2.00. The first-order chi connectivity index (χ1) is 8.03. The molecule has 1 saturated heterocycles. The quantitative estimate of drug-likeness (QED) is 0.831. The van der Waals surface area contributed by atoms with Gasteiger partial charge in [0.1, 0.15) is 6.26 Å². The van der Waals surface area contributed by atoms with Crippen molar-refractivity contribution >= 4 is 11.9 Å². The van der Waals surface area contributed by atoms with Crippen LogP contribution < -0.4 is 0 Å². The lowest BCUT2D eigenvalue weighted by atomic mass is 9.80. The first-order valence-corrected chi connectivity index (χ1v) is 5.46. The predicted octanol–water partition coefficient (Wildman–Crippen LogP) is 1.00. The number of hydrogen-bond acceptors (Lipinski definition) is 4. The molecule has 92 valence electrons. The van der Waals surface area contributed by atoms with Crippen molar-refractivity contribution in [2.75, 3.05) is 13.1 Å². The van der Waals surface area contributed by atoms with E-state index in [1.807, 2.05) is 0 Å². The third-order valence-electron chi connectivity index (χ3n) is 3.33. The van der Waals surface area contributed by atoms with Crippen LogP contribution >= 0.6 is 0 Å². The van der Waals surface area contributed by atoms with Crippen LogP contribution in [0.15, 0.2) is 16.9 Å². The smallest absolute Gasteiger partial charge is 0.309 e. The number of carbonyl (C=O) groups excluding carboxylic acids is 1. The third kappa shape index (κ3) is 2.15. The Labute approximate surface area is 98.2 Å². The van der Waals surface area contributed by atoms with E-state index < -0.39 is 11.4 Å². The van der Waals surface area contributed by atoms with Gasteiger partial charge in [-0.15, -0.1) is 0 Å². The van der Waals surface area contributed by atoms with E-state index in [1.165, 1.54) is 12.3 Å². The monoisotopic (exact) mass is 238 g/mol. The van der Waals surface area contributed by atoms with E-state index in [2.05, 4.69) is 9.68 Å². The van der Waals surface area contributed by atoms with Crippen molar-refractivity contribution in [3.05, 3.63) is 18.0 Å². The van der Waals surface area contributed by atoms with Crippen LogP contribution in [0.4, 0.5) is 0 Å². The molecule has 0 unspecified atom stereocenters. The molecule has 1 amide bonds. The Kier molecular flexibility index (Phi) is 2.87. The van der Waals surface area contributed by atoms with E-state index >= 15 is 0 Å². The fourth-order valence-electron chi connectivity index (χ4n) is 1.90. The standard InChI is InChI=1S/C11H14N2O4/c1-11(10(15)16)3-5-13(6-4-11)9(14)8-2-7-17-12-8/h2,7H,3-6H2,1H3,(H,15,16). The van der Waals surface area contributed by atoms with E-state index in [-0.39, 0.29) is 11.6 Å². The number of rotatable bonds is 2. The molecule has 1 aliphatic heterocycles. The van der Waals surface area contributed by atoms with Gasteiger partial charge < -0.3 is 14.5 Å². The average molecular weight is 238 g/mol. The number of carboxylic acid groups (broad SMARTS) is 1. The summed E-state index contributed by atoms with van der Waals surface area (Å²) in [5.41, 5.74) is -0.454. The van der Waals surface area contributed by atoms with Crippen LogP contribution in [0.25, 0.3) is 0 Å². The first kappa shape index (κ1) is 11.6. The number of piperidine rings is 1. The molecule has 0 atom stereocenters. The second-order valence-electron chi connectivity index (χ2n) is 4.54. The van der Waals surface area contributed by atoms with E-state index in [0.717, 1.165) is 0 Å². The molecule has 6 nitrogen and oxygen atoms in total. The summed E-state index contributed by atoms with van der Waals surface area (Å²) in [6, 6.07) is 1.51. The van der Waals surface area contributed by atoms with Crippen LogP contribution in [0.3, 0.4) is 0 Å². The molecule has 0 saturated carbocycles. The zero-order valence-corrected chi connectivity index (χ0v) is 9.55. The van der Waals surface area contributed by atoms with Crippen LogP contribution in [0.1, 0.15) is 30.3 Å². The molecular weight excluding hydrogens is 224 g/mol. The average Bonchev–Trinajstić information content (AvgIpc) is 2.82. The zero-order chi connectivity index (χ0) is 12.5. The fraction of sp³-hybridized carbons (Fsp3) is 0.545. The number of hydrogen-bond donors (Lipinski definition) is 1. The van der Waals surface area contributed by atoms with Crippen molar-refractivity contribution < 1.29 is 19.2 Å². The van der Waals surface area contributed by atoms with E-state index in [9.17, 15) is 9.59 Å². The van der Waals surface area contributed by atoms with Gasteiger partial charge in [-0.2, -0.15) is 0 Å². The molecule has 17 heavy (non-hydrogen) atoms. The summed E-state index contributed by atoms with van der Waals surface area (Å²) in [6.07, 6.45) is 2.27. The minimum absolute atomic E-state index is 0.203. The van der Waals surface area contributed by atoms with Crippen molar-refractivity contribution in [2.24, 2.45) is 5.41 Å². The maximum atomic E-state index is 11.9. The maximum Gasteiger partial charge on any atom is 0.309 e. The highest BCUT2D eigenvalue weighted by atomic mass is 16.5. The van der Waals surface area contributed by atoms with E-state index in [1.54, 1.807) is 11.8 Å². The van der Waals surface area contributed by atoms with E-state index in [4.69, 9.17) is 5.11 Å². The van der Waals surface area contributed by atoms with Crippen molar-refractivity contribution in [1.82, 2.24) is 10.1 Å². The Bertz CT molecular complexity index is 419. The lowest BCUT2D eigenvalue weighted by Crippen LogP contribution is -2.45. The summed E-state index contributed by atoms with van der Waals surface area (Å²) in [5.74, 6) is -1.00. The minimum Gasteiger partial charge on any atom is -0.481 e. The molecule has 1 N–H and O–H groups in total. The van der Waals surface area contributed by atoms with Crippen molar-refractivity contribution in [3.63, 3.8) is 0 Å². The molecule has 1 aromatic heterocycles. The lowest BCUT2D eigenvalue weighted by molar-refractivity contribution is -0.150. The Hall–Kier alpha value is -1.85. The SMILES string of the molecule is CC1(C(=O)O)CCN(C(=O)c2ccon2)CC1. The molecule has 0 radical (unpaired) electrons. The normalized spacial score (nSPS) is 19.0. The van der Waals surface area contributed by atoms with Gasteiger partial charge >= 0.3 is 5.97 Å². The van der Waals surface area contributed by atoms with Gasteiger partial charge in [0, 0.05) is 19.2 Å². The van der Waals surface area contributed by atoms with Gasteiger partial charge in [0.05, 0.1) is 5.41 Å². The molecule has 2 heterocycles. The number of amides is 1. The van der Waals surface area contributed by atoms with Crippen LogP contribution in [-0.2, 0) is 4.79 Å². The summed E-state index contributed by atoms with van der Waals surface area (Å²) in [4.78, 5) is 24.6. The second-order valence-corrected chi connectivity index (χ2v) is 4.54. The van der Waals surface area contributed by atoms with E-state index in [0.29, 0.717) is 25.9 Å². The number of carboxylic acids is 1. The Morgan fingerprint density at radius 1 is 1.47 bits per heavy atom. The highest BCUT2D eigenvalue weighted by Gasteiger charge is 2.38. The van der Waals surface area contributed by atoms with Crippen LogP contribution in [-0.4, -0.2) is 40.1 Å². The van der Waals surface area contributed by atoms with Gasteiger partial charge in [0.15, 0.2) is 5.69 Å². The van der Waals surface area contributed by atoms with Gasteiger partial charge in [0.2, 0.25) is 0 Å². The van der Waals surface area contributed by atoms with Crippen molar-refractivity contribution in [3.8, 4) is 0 Å². The molecular formula is C11H14N2O4. The number of aromatic nitrogens is 1. The number of aliphatic carboxylic acids is 1. The van der Waals surface area contributed by atoms with Crippen LogP contribution in [0, 0.1) is 5.41 Å². The minimum atomic E-state index is -0.800. The van der Waals surface area contributed by atoms with Gasteiger partial charge in [-0.3, -0.25) is 9.59 Å². The molecule has 1 aromatic rings. The molecule has 6 heteroatoms. The zero-order valence-electron chi connectivity index (χ0n) is 9.55. The summed E-state index contributed by atoms with van der Waals surface area (Å²) in [5, 5.41) is 12.7. The summed E-state index contributed by atoms with van der Waals surface area (Å²) >= 11 is 0. The largest absolute Gasteiger partial charge is 0.481 e. The maximum absolute atomic E-state index is 11.9. The predicted molar refractivity (Wildman–Crippen MR) is 57.4 cm³/mol. The van der Waals surface area contributed by atoms with Gasteiger partial charge in [0.25, 0.3) is 5.91 Å². The highest BCUT2D eigenvalue weighted by molar-refractivity contribution is 5.92. The van der Waals surface area contributed by atoms with Crippen molar-refractivity contribution in [2.45, 2.75) is 19.8 Å². The fourth-order valence-corrected chi connectivity index (χ4v) is 1.90. The van der Waals surface area contributed by atoms with Crippen LogP contribution in [0.2, 0.25) is 0 Å². The summed E-state index contributed by atoms with van der Waals surface area (Å²) < 4.78 is 4.61. The number of carbonyl (C=O) groups is 2. The first-order valence-electron chi connectivity index (χ1n) is 5.46. The summed E-state index contributed by atoms with van der Waals surface area (Å²) in [6.45, 7) is 2.59. The molecule has 0 aromatic carbocycles. The number of nitrogens with zero attached hydrogens (tertiary/aromatic N) is 2. The Morgan fingerprint density at radius 3 is 2.59 bits per heavy atom. The Morgan fingerprint density at radius 2 is 2.12 bits per heavy atom. The molecule has 2 rings (SSSR count). The van der Waals surface area contributed by atoms with Gasteiger partial charge in [-0.25, -0.2) is 0 Å². The second kappa shape index (κ2) is 4.20. The number of likely N-dealkylation sites (tertiary alicyclic amines) is 1. The van der Waals surface area contributed by atoms with Gasteiger partial charge in [-0.1, -0.05) is 5.16 Å². The van der Waals surface area contributed by atoms with Crippen molar-refractivity contribution in [1.29, 1.82) is 0 Å². The molecule has 0 spiro atoms. The highest BCUT2D eigenvalue weighted by Crippen LogP contribution is 2.31.